The average molecular weight is 408 g/mol. The first-order valence-corrected chi connectivity index (χ1v) is 10.2. The van der Waals surface area contributed by atoms with Gasteiger partial charge in [0.25, 0.3) is 5.91 Å². The van der Waals surface area contributed by atoms with Gasteiger partial charge in [-0.2, -0.15) is 5.10 Å². The van der Waals surface area contributed by atoms with Crippen LogP contribution in [0.3, 0.4) is 0 Å². The van der Waals surface area contributed by atoms with E-state index in [4.69, 9.17) is 10.5 Å². The zero-order valence-electron chi connectivity index (χ0n) is 16.7. The van der Waals surface area contributed by atoms with E-state index in [0.717, 1.165) is 30.5 Å². The third kappa shape index (κ3) is 4.52. The molecule has 1 aromatic heterocycles. The summed E-state index contributed by atoms with van der Waals surface area (Å²) in [5.74, 6) is 0.554. The number of nitrogens with zero attached hydrogens (tertiary/aromatic N) is 2. The number of aromatic nitrogens is 2. The van der Waals surface area contributed by atoms with Crippen molar-refractivity contribution in [3.05, 3.63) is 77.4 Å². The van der Waals surface area contributed by atoms with Gasteiger partial charge in [-0.15, -0.1) is 0 Å². The lowest BCUT2D eigenvalue weighted by molar-refractivity contribution is 0.0707. The summed E-state index contributed by atoms with van der Waals surface area (Å²) in [5.41, 5.74) is 7.81. The molecule has 30 heavy (non-hydrogen) atoms. The number of benzene rings is 2. The normalized spacial score (nSPS) is 14.7. The van der Waals surface area contributed by atoms with Gasteiger partial charge in [0.2, 0.25) is 0 Å². The molecular weight excluding hydrogens is 383 g/mol. The van der Waals surface area contributed by atoms with Crippen LogP contribution >= 0.6 is 0 Å². The van der Waals surface area contributed by atoms with Gasteiger partial charge in [-0.05, 0) is 67.8 Å². The summed E-state index contributed by atoms with van der Waals surface area (Å²) in [5, 5.41) is 6.99. The minimum Gasteiger partial charge on any atom is -0.457 e. The largest absolute Gasteiger partial charge is 0.457 e. The Morgan fingerprint density at radius 2 is 1.87 bits per heavy atom. The van der Waals surface area contributed by atoms with Gasteiger partial charge in [-0.1, -0.05) is 12.1 Å². The van der Waals surface area contributed by atoms with E-state index in [0.29, 0.717) is 37.1 Å². The van der Waals surface area contributed by atoms with Crippen molar-refractivity contribution in [3.8, 4) is 11.5 Å². The van der Waals surface area contributed by atoms with E-state index in [1.807, 2.05) is 30.3 Å². The lowest BCUT2D eigenvalue weighted by Gasteiger charge is -2.31. The molecule has 7 heteroatoms. The fraction of sp³-hybridized carbons (Fsp3) is 0.304. The second kappa shape index (κ2) is 9.09. The van der Waals surface area contributed by atoms with Crippen molar-refractivity contribution < 1.29 is 13.9 Å². The van der Waals surface area contributed by atoms with Crippen LogP contribution in [0.5, 0.6) is 11.5 Å². The Hall–Kier alpha value is -3.19. The van der Waals surface area contributed by atoms with Crippen LogP contribution in [0.25, 0.3) is 0 Å². The van der Waals surface area contributed by atoms with Crippen molar-refractivity contribution in [2.75, 3.05) is 19.6 Å². The monoisotopic (exact) mass is 408 g/mol. The molecule has 156 valence electrons. The molecule has 1 fully saturated rings. The smallest absolute Gasteiger partial charge is 0.256 e. The first-order chi connectivity index (χ1) is 14.6. The highest BCUT2D eigenvalue weighted by molar-refractivity contribution is 5.95. The molecule has 0 aliphatic carbocycles. The van der Waals surface area contributed by atoms with Gasteiger partial charge < -0.3 is 15.4 Å². The third-order valence-electron chi connectivity index (χ3n) is 5.50. The zero-order valence-corrected chi connectivity index (χ0v) is 16.7. The van der Waals surface area contributed by atoms with Crippen molar-refractivity contribution in [2.45, 2.75) is 25.2 Å². The van der Waals surface area contributed by atoms with Crippen LogP contribution in [0.2, 0.25) is 0 Å². The van der Waals surface area contributed by atoms with E-state index in [-0.39, 0.29) is 11.5 Å². The molecule has 0 unspecified atom stereocenters. The standard InChI is InChI=1S/C23H25FN4O2/c24-21-6-5-19(30-18-3-1-16(2-4-18)7-11-25)15-20(21)23(29)28-13-9-17(10-14-28)22-8-12-26-27-22/h1-6,8,12,15,17H,7,9-11,13-14,25H2,(H,26,27). The van der Waals surface area contributed by atoms with Gasteiger partial charge in [0.15, 0.2) is 0 Å². The number of amides is 1. The maximum Gasteiger partial charge on any atom is 0.256 e. The molecule has 0 bridgehead atoms. The summed E-state index contributed by atoms with van der Waals surface area (Å²) in [6.07, 6.45) is 4.17. The number of halogens is 1. The highest BCUT2D eigenvalue weighted by atomic mass is 19.1. The van der Waals surface area contributed by atoms with Gasteiger partial charge in [-0.3, -0.25) is 9.89 Å². The molecule has 3 aromatic rings. The highest BCUT2D eigenvalue weighted by Crippen LogP contribution is 2.29. The van der Waals surface area contributed by atoms with Gasteiger partial charge >= 0.3 is 0 Å². The van der Waals surface area contributed by atoms with E-state index >= 15 is 0 Å². The number of nitrogens with one attached hydrogen (secondary N) is 1. The number of hydrogen-bond acceptors (Lipinski definition) is 4. The predicted octanol–water partition coefficient (Wildman–Crippen LogP) is 3.86. The topological polar surface area (TPSA) is 84.2 Å². The van der Waals surface area contributed by atoms with E-state index in [9.17, 15) is 9.18 Å². The first kappa shape index (κ1) is 20.1. The van der Waals surface area contributed by atoms with Crippen LogP contribution in [0, 0.1) is 5.82 Å². The number of H-pyrrole nitrogens is 1. The Morgan fingerprint density at radius 1 is 1.13 bits per heavy atom. The molecule has 4 rings (SSSR count). The summed E-state index contributed by atoms with van der Waals surface area (Å²) in [6, 6.07) is 13.8. The second-order valence-electron chi connectivity index (χ2n) is 7.50. The zero-order chi connectivity index (χ0) is 20.9. The Balaban J connectivity index is 1.43. The van der Waals surface area contributed by atoms with Gasteiger partial charge in [0.1, 0.15) is 17.3 Å². The molecule has 1 aliphatic heterocycles. The predicted molar refractivity (Wildman–Crippen MR) is 112 cm³/mol. The van der Waals surface area contributed by atoms with Crippen molar-refractivity contribution >= 4 is 5.91 Å². The number of piperidine rings is 1. The van der Waals surface area contributed by atoms with Crippen LogP contribution in [-0.2, 0) is 6.42 Å². The number of carbonyl (C=O) groups is 1. The fourth-order valence-electron chi connectivity index (χ4n) is 3.82. The second-order valence-corrected chi connectivity index (χ2v) is 7.50. The van der Waals surface area contributed by atoms with Gasteiger partial charge in [0, 0.05) is 30.9 Å². The van der Waals surface area contributed by atoms with Crippen molar-refractivity contribution in [1.29, 1.82) is 0 Å². The molecule has 1 saturated heterocycles. The van der Waals surface area contributed by atoms with Gasteiger partial charge in [0.05, 0.1) is 5.56 Å². The number of hydrogen-bond donors (Lipinski definition) is 2. The van der Waals surface area contributed by atoms with E-state index in [2.05, 4.69) is 10.2 Å². The Labute approximate surface area is 174 Å². The summed E-state index contributed by atoms with van der Waals surface area (Å²) in [4.78, 5) is 14.6. The van der Waals surface area contributed by atoms with Crippen LogP contribution < -0.4 is 10.5 Å². The molecule has 3 N–H and O–H groups in total. The summed E-state index contributed by atoms with van der Waals surface area (Å²) < 4.78 is 20.3. The summed E-state index contributed by atoms with van der Waals surface area (Å²) in [7, 11) is 0. The third-order valence-corrected chi connectivity index (χ3v) is 5.50. The van der Waals surface area contributed by atoms with Crippen molar-refractivity contribution in [1.82, 2.24) is 15.1 Å². The lowest BCUT2D eigenvalue weighted by atomic mass is 9.93. The Bertz CT molecular complexity index is 981. The van der Waals surface area contributed by atoms with E-state index in [1.165, 1.54) is 18.2 Å². The SMILES string of the molecule is NCCc1ccc(Oc2ccc(F)c(C(=O)N3CCC(c4ccn[nH]4)CC3)c2)cc1. The number of carbonyl (C=O) groups excluding carboxylic acids is 1. The quantitative estimate of drug-likeness (QED) is 0.649. The minimum atomic E-state index is -0.540. The Kier molecular flexibility index (Phi) is 6.09. The molecule has 1 amide bonds. The lowest BCUT2D eigenvalue weighted by Crippen LogP contribution is -2.38. The molecule has 2 heterocycles. The highest BCUT2D eigenvalue weighted by Gasteiger charge is 2.27. The molecule has 2 aromatic carbocycles. The number of rotatable bonds is 6. The molecule has 6 nitrogen and oxygen atoms in total. The Morgan fingerprint density at radius 3 is 2.53 bits per heavy atom. The number of aromatic amines is 1. The molecule has 0 atom stereocenters. The van der Waals surface area contributed by atoms with Crippen LogP contribution in [0.15, 0.2) is 54.7 Å². The number of nitrogens with two attached hydrogens (primary N) is 1. The summed E-state index contributed by atoms with van der Waals surface area (Å²) >= 11 is 0. The average Bonchev–Trinajstić information content (AvgIpc) is 3.31. The molecule has 0 radical (unpaired) electrons. The van der Waals surface area contributed by atoms with Crippen LogP contribution in [0.1, 0.15) is 40.4 Å². The number of ether oxygens (including phenoxy) is 1. The molecule has 1 aliphatic rings. The summed E-state index contributed by atoms with van der Waals surface area (Å²) in [6.45, 7) is 1.74. The molecular formula is C23H25FN4O2. The molecule has 0 saturated carbocycles. The van der Waals surface area contributed by atoms with Crippen molar-refractivity contribution in [2.24, 2.45) is 5.73 Å². The molecule has 0 spiro atoms. The fourth-order valence-corrected chi connectivity index (χ4v) is 3.82. The van der Waals surface area contributed by atoms with Crippen LogP contribution in [0.4, 0.5) is 4.39 Å². The first-order valence-electron chi connectivity index (χ1n) is 10.2. The van der Waals surface area contributed by atoms with Crippen LogP contribution in [-0.4, -0.2) is 40.6 Å². The minimum absolute atomic E-state index is 0.0345. The van der Waals surface area contributed by atoms with E-state index in [1.54, 1.807) is 11.1 Å². The van der Waals surface area contributed by atoms with Crippen molar-refractivity contribution in [3.63, 3.8) is 0 Å². The van der Waals surface area contributed by atoms with E-state index < -0.39 is 5.82 Å². The maximum absolute atomic E-state index is 14.4. The number of likely N-dealkylation sites (tertiary alicyclic amines) is 1. The maximum atomic E-state index is 14.4. The van der Waals surface area contributed by atoms with Gasteiger partial charge in [-0.25, -0.2) is 4.39 Å².